The Labute approximate surface area is 182 Å². The molecule has 2 rings (SSSR count). The molecule has 2 aromatic rings. The van der Waals surface area contributed by atoms with E-state index in [4.69, 9.17) is 28.3 Å². The van der Waals surface area contributed by atoms with Crippen LogP contribution in [0.4, 0.5) is 11.4 Å². The molecule has 6 nitrogen and oxygen atoms in total. The maximum Gasteiger partial charge on any atom is 0.328 e. The van der Waals surface area contributed by atoms with E-state index in [2.05, 4.69) is 10.6 Å². The summed E-state index contributed by atoms with van der Waals surface area (Å²) in [6.45, 7) is 1.89. The van der Waals surface area contributed by atoms with Gasteiger partial charge in [-0.3, -0.25) is 9.59 Å². The molecule has 9 heteroatoms. The van der Waals surface area contributed by atoms with Gasteiger partial charge in [0.2, 0.25) is 11.8 Å². The van der Waals surface area contributed by atoms with Crippen molar-refractivity contribution in [3.8, 4) is 0 Å². The third-order valence-electron chi connectivity index (χ3n) is 3.61. The van der Waals surface area contributed by atoms with E-state index in [0.717, 1.165) is 17.0 Å². The van der Waals surface area contributed by atoms with Crippen molar-refractivity contribution in [2.24, 2.45) is 0 Å². The van der Waals surface area contributed by atoms with Gasteiger partial charge in [-0.15, -0.1) is 11.8 Å². The number of hydrogen-bond acceptors (Lipinski definition) is 4. The molecule has 0 radical (unpaired) electrons. The monoisotopic (exact) mass is 452 g/mol. The van der Waals surface area contributed by atoms with Crippen LogP contribution in [0.25, 0.3) is 0 Å². The summed E-state index contributed by atoms with van der Waals surface area (Å²) < 4.78 is 0. The van der Waals surface area contributed by atoms with Gasteiger partial charge in [0.1, 0.15) is 0 Å². The van der Waals surface area contributed by atoms with Crippen LogP contribution in [-0.4, -0.2) is 28.1 Å². The molecule has 0 bridgehead atoms. The SMILES string of the molecule is CCC(Sc1cccc(NC(=O)/C=C/C(=O)O)c1)C(=O)Nc1cc(Cl)ccc1Cl. The van der Waals surface area contributed by atoms with Crippen molar-refractivity contribution in [3.05, 3.63) is 64.7 Å². The van der Waals surface area contributed by atoms with Crippen LogP contribution in [0.15, 0.2) is 59.5 Å². The fourth-order valence-electron chi connectivity index (χ4n) is 2.27. The number of anilines is 2. The van der Waals surface area contributed by atoms with E-state index in [1.165, 1.54) is 11.8 Å². The number of rotatable bonds is 8. The summed E-state index contributed by atoms with van der Waals surface area (Å²) in [7, 11) is 0. The van der Waals surface area contributed by atoms with Gasteiger partial charge in [-0.05, 0) is 42.8 Å². The van der Waals surface area contributed by atoms with Crippen molar-refractivity contribution < 1.29 is 19.5 Å². The van der Waals surface area contributed by atoms with Gasteiger partial charge in [0.15, 0.2) is 0 Å². The minimum atomic E-state index is -1.21. The minimum Gasteiger partial charge on any atom is -0.478 e. The maximum atomic E-state index is 12.7. The van der Waals surface area contributed by atoms with Crippen LogP contribution in [-0.2, 0) is 14.4 Å². The third-order valence-corrected chi connectivity index (χ3v) is 5.53. The molecule has 0 aromatic heterocycles. The maximum absolute atomic E-state index is 12.7. The van der Waals surface area contributed by atoms with Crippen LogP contribution < -0.4 is 10.6 Å². The second-order valence-corrected chi connectivity index (χ2v) is 7.94. The first kappa shape index (κ1) is 22.8. The molecule has 1 atom stereocenters. The Hall–Kier alpha value is -2.48. The highest BCUT2D eigenvalue weighted by Gasteiger charge is 2.19. The first-order valence-corrected chi connectivity index (χ1v) is 10.2. The lowest BCUT2D eigenvalue weighted by Crippen LogP contribution is -2.24. The molecule has 0 fully saturated rings. The number of halogens is 2. The fraction of sp³-hybridized carbons (Fsp3) is 0.150. The summed E-state index contributed by atoms with van der Waals surface area (Å²) in [6, 6.07) is 11.8. The van der Waals surface area contributed by atoms with Crippen molar-refractivity contribution in [2.75, 3.05) is 10.6 Å². The van der Waals surface area contributed by atoms with Crippen LogP contribution in [0, 0.1) is 0 Å². The first-order chi connectivity index (χ1) is 13.8. The Bertz CT molecular complexity index is 950. The number of carboxylic acid groups (broad SMARTS) is 1. The van der Waals surface area contributed by atoms with Crippen molar-refractivity contribution in [1.29, 1.82) is 0 Å². The highest BCUT2D eigenvalue weighted by atomic mass is 35.5. The number of aliphatic carboxylic acids is 1. The number of amides is 2. The molecule has 2 amide bonds. The summed E-state index contributed by atoms with van der Waals surface area (Å²) >= 11 is 13.4. The molecule has 0 saturated carbocycles. The summed E-state index contributed by atoms with van der Waals surface area (Å²) in [5.41, 5.74) is 0.928. The number of carbonyl (C=O) groups is 3. The molecule has 152 valence electrons. The zero-order chi connectivity index (χ0) is 21.4. The molecule has 0 spiro atoms. The van der Waals surface area contributed by atoms with Gasteiger partial charge in [0.05, 0.1) is 16.0 Å². The second-order valence-electron chi connectivity index (χ2n) is 5.82. The van der Waals surface area contributed by atoms with Gasteiger partial charge in [0.25, 0.3) is 0 Å². The van der Waals surface area contributed by atoms with E-state index in [1.54, 1.807) is 36.4 Å². The molecule has 0 aliphatic heterocycles. The Morgan fingerprint density at radius 1 is 1.10 bits per heavy atom. The second kappa shape index (κ2) is 10.9. The summed E-state index contributed by atoms with van der Waals surface area (Å²) in [5.74, 6) is -1.99. The van der Waals surface area contributed by atoms with Crippen molar-refractivity contribution >= 4 is 64.1 Å². The van der Waals surface area contributed by atoms with Gasteiger partial charge in [-0.2, -0.15) is 0 Å². The summed E-state index contributed by atoms with van der Waals surface area (Å²) in [6.07, 6.45) is 2.25. The molecular formula is C20H18Cl2N2O4S. The van der Waals surface area contributed by atoms with E-state index < -0.39 is 17.1 Å². The predicted molar refractivity (Wildman–Crippen MR) is 117 cm³/mol. The lowest BCUT2D eigenvalue weighted by atomic mass is 10.2. The molecule has 29 heavy (non-hydrogen) atoms. The van der Waals surface area contributed by atoms with Crippen LogP contribution in [0.1, 0.15) is 13.3 Å². The summed E-state index contributed by atoms with van der Waals surface area (Å²) in [5, 5.41) is 14.4. The first-order valence-electron chi connectivity index (χ1n) is 8.53. The highest BCUT2D eigenvalue weighted by Crippen LogP contribution is 2.30. The van der Waals surface area contributed by atoms with E-state index in [9.17, 15) is 14.4 Å². The largest absolute Gasteiger partial charge is 0.478 e. The average Bonchev–Trinajstić information content (AvgIpc) is 2.67. The van der Waals surface area contributed by atoms with Crippen molar-refractivity contribution in [2.45, 2.75) is 23.5 Å². The van der Waals surface area contributed by atoms with Crippen LogP contribution in [0.2, 0.25) is 10.0 Å². The summed E-state index contributed by atoms with van der Waals surface area (Å²) in [4.78, 5) is 35.6. The Morgan fingerprint density at radius 3 is 2.55 bits per heavy atom. The quantitative estimate of drug-likeness (QED) is 0.383. The zero-order valence-corrected chi connectivity index (χ0v) is 17.6. The van der Waals surface area contributed by atoms with Gasteiger partial charge in [0, 0.05) is 27.8 Å². The highest BCUT2D eigenvalue weighted by molar-refractivity contribution is 8.00. The number of nitrogens with one attached hydrogen (secondary N) is 2. The molecular weight excluding hydrogens is 435 g/mol. The van der Waals surface area contributed by atoms with E-state index >= 15 is 0 Å². The van der Waals surface area contributed by atoms with Crippen LogP contribution in [0.3, 0.4) is 0 Å². The van der Waals surface area contributed by atoms with Gasteiger partial charge in [-0.25, -0.2) is 4.79 Å². The third kappa shape index (κ3) is 7.45. The van der Waals surface area contributed by atoms with Crippen LogP contribution >= 0.6 is 35.0 Å². The lowest BCUT2D eigenvalue weighted by Gasteiger charge is -2.16. The predicted octanol–water partition coefficient (Wildman–Crippen LogP) is 5.08. The van der Waals surface area contributed by atoms with E-state index in [0.29, 0.717) is 27.8 Å². The van der Waals surface area contributed by atoms with Gasteiger partial charge >= 0.3 is 5.97 Å². The number of carbonyl (C=O) groups excluding carboxylic acids is 2. The van der Waals surface area contributed by atoms with E-state index in [1.807, 2.05) is 13.0 Å². The number of benzene rings is 2. The lowest BCUT2D eigenvalue weighted by molar-refractivity contribution is -0.131. The number of hydrogen-bond donors (Lipinski definition) is 3. The molecule has 0 heterocycles. The molecule has 0 saturated heterocycles. The zero-order valence-electron chi connectivity index (χ0n) is 15.3. The average molecular weight is 453 g/mol. The Kier molecular flexibility index (Phi) is 8.57. The normalized spacial score (nSPS) is 11.8. The molecule has 1 unspecified atom stereocenters. The van der Waals surface area contributed by atoms with Crippen molar-refractivity contribution in [3.63, 3.8) is 0 Å². The molecule has 0 aliphatic carbocycles. The van der Waals surface area contributed by atoms with Gasteiger partial charge in [-0.1, -0.05) is 36.2 Å². The number of carboxylic acids is 1. The Morgan fingerprint density at radius 2 is 1.86 bits per heavy atom. The topological polar surface area (TPSA) is 95.5 Å². The smallest absolute Gasteiger partial charge is 0.328 e. The minimum absolute atomic E-state index is 0.222. The van der Waals surface area contributed by atoms with Crippen molar-refractivity contribution in [1.82, 2.24) is 0 Å². The molecule has 0 aliphatic rings. The van der Waals surface area contributed by atoms with Crippen LogP contribution in [0.5, 0.6) is 0 Å². The number of thioether (sulfide) groups is 1. The standard InChI is InChI=1S/C20H18Cl2N2O4S/c1-2-17(20(28)24-16-10-12(21)6-7-15(16)22)29-14-5-3-4-13(11-14)23-18(25)8-9-19(26)27/h3-11,17H,2H2,1H3,(H,23,25)(H,24,28)(H,26,27)/b9-8+. The molecule has 3 N–H and O–H groups in total. The Balaban J connectivity index is 2.06. The molecule has 2 aromatic carbocycles. The fourth-order valence-corrected chi connectivity index (χ4v) is 3.62. The van der Waals surface area contributed by atoms with Gasteiger partial charge < -0.3 is 15.7 Å². The van der Waals surface area contributed by atoms with E-state index in [-0.39, 0.29) is 5.91 Å².